The number of carboxylic acids is 1. The number of aromatic carboxylic acids is 1. The van der Waals surface area contributed by atoms with Gasteiger partial charge < -0.3 is 20.5 Å². The SMILES string of the molecule is CCCCOCCNC(=O)Nc1ccc(C(=O)O)cc1F. The average molecular weight is 298 g/mol. The van der Waals surface area contributed by atoms with Gasteiger partial charge in [0.05, 0.1) is 17.9 Å². The predicted octanol–water partition coefficient (Wildman–Crippen LogP) is 2.46. The second-order valence-corrected chi connectivity index (χ2v) is 4.35. The van der Waals surface area contributed by atoms with Crippen molar-refractivity contribution in [3.8, 4) is 0 Å². The van der Waals surface area contributed by atoms with Crippen LogP contribution in [0.15, 0.2) is 18.2 Å². The minimum Gasteiger partial charge on any atom is -0.478 e. The van der Waals surface area contributed by atoms with Crippen LogP contribution in [0.5, 0.6) is 0 Å². The van der Waals surface area contributed by atoms with Crippen molar-refractivity contribution < 1.29 is 23.8 Å². The molecule has 1 rings (SSSR count). The lowest BCUT2D eigenvalue weighted by Crippen LogP contribution is -2.32. The number of nitrogens with one attached hydrogen (secondary N) is 2. The molecule has 1 aromatic rings. The molecule has 0 aliphatic heterocycles. The molecule has 2 amide bonds. The number of halogens is 1. The highest BCUT2D eigenvalue weighted by Crippen LogP contribution is 2.15. The Kier molecular flexibility index (Phi) is 7.17. The van der Waals surface area contributed by atoms with E-state index in [1.165, 1.54) is 12.1 Å². The Morgan fingerprint density at radius 2 is 2.10 bits per heavy atom. The zero-order chi connectivity index (χ0) is 15.7. The van der Waals surface area contributed by atoms with Crippen molar-refractivity contribution in [2.45, 2.75) is 19.8 Å². The summed E-state index contributed by atoms with van der Waals surface area (Å²) in [5.74, 6) is -2.03. The van der Waals surface area contributed by atoms with E-state index in [-0.39, 0.29) is 11.3 Å². The Morgan fingerprint density at radius 1 is 1.33 bits per heavy atom. The van der Waals surface area contributed by atoms with Gasteiger partial charge in [0, 0.05) is 13.2 Å². The Morgan fingerprint density at radius 3 is 2.71 bits per heavy atom. The highest BCUT2D eigenvalue weighted by Gasteiger charge is 2.10. The van der Waals surface area contributed by atoms with Crippen LogP contribution < -0.4 is 10.6 Å². The van der Waals surface area contributed by atoms with Gasteiger partial charge in [0.15, 0.2) is 0 Å². The van der Waals surface area contributed by atoms with Crippen molar-refractivity contribution in [1.82, 2.24) is 5.32 Å². The summed E-state index contributed by atoms with van der Waals surface area (Å²) in [5, 5.41) is 13.5. The summed E-state index contributed by atoms with van der Waals surface area (Å²) in [6.07, 6.45) is 2.01. The van der Waals surface area contributed by atoms with Gasteiger partial charge in [-0.1, -0.05) is 13.3 Å². The van der Waals surface area contributed by atoms with Gasteiger partial charge in [-0.15, -0.1) is 0 Å². The summed E-state index contributed by atoms with van der Waals surface area (Å²) in [5.41, 5.74) is -0.257. The highest BCUT2D eigenvalue weighted by molar-refractivity contribution is 5.91. The van der Waals surface area contributed by atoms with Crippen molar-refractivity contribution in [3.05, 3.63) is 29.6 Å². The van der Waals surface area contributed by atoms with Gasteiger partial charge in [-0.25, -0.2) is 14.0 Å². The third kappa shape index (κ3) is 6.22. The Balaban J connectivity index is 2.36. The Hall–Kier alpha value is -2.15. The Labute approximate surface area is 122 Å². The maximum atomic E-state index is 13.6. The molecule has 0 fully saturated rings. The van der Waals surface area contributed by atoms with Gasteiger partial charge in [0.2, 0.25) is 0 Å². The van der Waals surface area contributed by atoms with Gasteiger partial charge >= 0.3 is 12.0 Å². The lowest BCUT2D eigenvalue weighted by Gasteiger charge is -2.09. The molecule has 0 atom stereocenters. The lowest BCUT2D eigenvalue weighted by molar-refractivity contribution is 0.0696. The smallest absolute Gasteiger partial charge is 0.335 e. The molecule has 0 aliphatic carbocycles. The molecule has 21 heavy (non-hydrogen) atoms. The number of amides is 2. The monoisotopic (exact) mass is 298 g/mol. The molecule has 0 unspecified atom stereocenters. The number of ether oxygens (including phenoxy) is 1. The third-order valence-corrected chi connectivity index (χ3v) is 2.64. The molecule has 0 saturated carbocycles. The van der Waals surface area contributed by atoms with E-state index in [2.05, 4.69) is 17.6 Å². The average Bonchev–Trinajstić information content (AvgIpc) is 2.44. The molecule has 0 aliphatic rings. The van der Waals surface area contributed by atoms with Crippen molar-refractivity contribution in [3.63, 3.8) is 0 Å². The quantitative estimate of drug-likeness (QED) is 0.643. The highest BCUT2D eigenvalue weighted by atomic mass is 19.1. The van der Waals surface area contributed by atoms with Crippen molar-refractivity contribution >= 4 is 17.7 Å². The number of unbranched alkanes of at least 4 members (excludes halogenated alkanes) is 1. The molecule has 0 aromatic heterocycles. The van der Waals surface area contributed by atoms with E-state index in [0.29, 0.717) is 19.8 Å². The largest absolute Gasteiger partial charge is 0.478 e. The fourth-order valence-corrected chi connectivity index (χ4v) is 1.50. The normalized spacial score (nSPS) is 10.2. The number of benzene rings is 1. The zero-order valence-electron chi connectivity index (χ0n) is 11.8. The van der Waals surface area contributed by atoms with E-state index in [1.54, 1.807) is 0 Å². The molecular formula is C14H19FN2O4. The van der Waals surface area contributed by atoms with E-state index in [4.69, 9.17) is 9.84 Å². The van der Waals surface area contributed by atoms with Gasteiger partial charge in [-0.05, 0) is 24.6 Å². The maximum Gasteiger partial charge on any atom is 0.335 e. The van der Waals surface area contributed by atoms with Gasteiger partial charge in [0.25, 0.3) is 0 Å². The minimum absolute atomic E-state index is 0.0793. The van der Waals surface area contributed by atoms with Gasteiger partial charge in [-0.2, -0.15) is 0 Å². The summed E-state index contributed by atoms with van der Waals surface area (Å²) in [6, 6.07) is 2.70. The summed E-state index contributed by atoms with van der Waals surface area (Å²) < 4.78 is 18.8. The Bertz CT molecular complexity index is 494. The van der Waals surface area contributed by atoms with E-state index in [1.807, 2.05) is 0 Å². The van der Waals surface area contributed by atoms with E-state index < -0.39 is 17.8 Å². The topological polar surface area (TPSA) is 87.7 Å². The maximum absolute atomic E-state index is 13.6. The number of carboxylic acid groups (broad SMARTS) is 1. The molecule has 3 N–H and O–H groups in total. The summed E-state index contributed by atoms with van der Waals surface area (Å²) in [7, 11) is 0. The lowest BCUT2D eigenvalue weighted by atomic mass is 10.2. The number of hydrogen-bond donors (Lipinski definition) is 3. The molecule has 6 nitrogen and oxygen atoms in total. The van der Waals surface area contributed by atoms with Crippen LogP contribution in [0.3, 0.4) is 0 Å². The van der Waals surface area contributed by atoms with Crippen LogP contribution in [0.4, 0.5) is 14.9 Å². The molecule has 0 heterocycles. The molecule has 0 spiro atoms. The molecule has 0 bridgehead atoms. The third-order valence-electron chi connectivity index (χ3n) is 2.64. The van der Waals surface area contributed by atoms with Crippen molar-refractivity contribution in [1.29, 1.82) is 0 Å². The van der Waals surface area contributed by atoms with Crippen LogP contribution in [0.25, 0.3) is 0 Å². The number of hydrogen-bond acceptors (Lipinski definition) is 3. The molecule has 0 radical (unpaired) electrons. The van der Waals surface area contributed by atoms with E-state index >= 15 is 0 Å². The number of carbonyl (C=O) groups excluding carboxylic acids is 1. The molecule has 1 aromatic carbocycles. The number of anilines is 1. The first-order chi connectivity index (χ1) is 10.0. The predicted molar refractivity (Wildman–Crippen MR) is 76.1 cm³/mol. The van der Waals surface area contributed by atoms with Crippen LogP contribution in [0.1, 0.15) is 30.1 Å². The van der Waals surface area contributed by atoms with E-state index in [0.717, 1.165) is 18.9 Å². The first-order valence-corrected chi connectivity index (χ1v) is 6.70. The van der Waals surface area contributed by atoms with Crippen molar-refractivity contribution in [2.75, 3.05) is 25.1 Å². The number of carbonyl (C=O) groups is 2. The zero-order valence-corrected chi connectivity index (χ0v) is 11.8. The van der Waals surface area contributed by atoms with Crippen LogP contribution >= 0.6 is 0 Å². The molecule has 7 heteroatoms. The van der Waals surface area contributed by atoms with Crippen LogP contribution in [-0.4, -0.2) is 36.9 Å². The van der Waals surface area contributed by atoms with Crippen LogP contribution in [0.2, 0.25) is 0 Å². The molecule has 0 saturated heterocycles. The van der Waals surface area contributed by atoms with Gasteiger partial charge in [0.1, 0.15) is 5.82 Å². The van der Waals surface area contributed by atoms with Gasteiger partial charge in [-0.3, -0.25) is 0 Å². The fourth-order valence-electron chi connectivity index (χ4n) is 1.50. The molecule has 116 valence electrons. The standard InChI is InChI=1S/C14H19FN2O4/c1-2-3-7-21-8-6-16-14(20)17-12-5-4-10(13(18)19)9-11(12)15/h4-5,9H,2-3,6-8H2,1H3,(H,18,19)(H2,16,17,20). The van der Waals surface area contributed by atoms with Crippen LogP contribution in [0, 0.1) is 5.82 Å². The second kappa shape index (κ2) is 8.91. The number of rotatable bonds is 8. The second-order valence-electron chi connectivity index (χ2n) is 4.35. The number of urea groups is 1. The summed E-state index contributed by atoms with van der Waals surface area (Å²) in [4.78, 5) is 22.2. The van der Waals surface area contributed by atoms with Crippen LogP contribution in [-0.2, 0) is 4.74 Å². The molecular weight excluding hydrogens is 279 g/mol. The van der Waals surface area contributed by atoms with Crippen molar-refractivity contribution in [2.24, 2.45) is 0 Å². The first-order valence-electron chi connectivity index (χ1n) is 6.70. The fraction of sp³-hybridized carbons (Fsp3) is 0.429. The summed E-state index contributed by atoms with van der Waals surface area (Å²) in [6.45, 7) is 3.39. The summed E-state index contributed by atoms with van der Waals surface area (Å²) >= 11 is 0. The first kappa shape index (κ1) is 16.9. The minimum atomic E-state index is -1.23. The van der Waals surface area contributed by atoms with E-state index in [9.17, 15) is 14.0 Å².